The number of aromatic nitrogens is 2. The predicted octanol–water partition coefficient (Wildman–Crippen LogP) is 2.06. The number of benzene rings is 1. The standard InChI is InChI=1S/C13H12BrN3O3/c14-9-6-15-17(7-9)8-13(18)16-10-1-2-11-12(5-10)20-4-3-19-11/h1-2,5-7H,3-4,8H2,(H,16,18). The number of amides is 1. The Morgan fingerprint density at radius 3 is 2.90 bits per heavy atom. The molecule has 1 amide bonds. The molecular weight excluding hydrogens is 326 g/mol. The van der Waals surface area contributed by atoms with Gasteiger partial charge in [-0.2, -0.15) is 5.10 Å². The fourth-order valence-electron chi connectivity index (χ4n) is 1.89. The lowest BCUT2D eigenvalue weighted by molar-refractivity contribution is -0.116. The van der Waals surface area contributed by atoms with Crippen molar-refractivity contribution in [3.8, 4) is 11.5 Å². The number of nitrogens with one attached hydrogen (secondary N) is 1. The number of nitrogens with zero attached hydrogens (tertiary/aromatic N) is 2. The first-order valence-electron chi connectivity index (χ1n) is 6.08. The number of carbonyl (C=O) groups excluding carboxylic acids is 1. The molecule has 6 nitrogen and oxygen atoms in total. The third kappa shape index (κ3) is 2.93. The zero-order valence-electron chi connectivity index (χ0n) is 10.5. The summed E-state index contributed by atoms with van der Waals surface area (Å²) in [7, 11) is 0. The van der Waals surface area contributed by atoms with E-state index >= 15 is 0 Å². The molecule has 0 atom stereocenters. The second-order valence-corrected chi connectivity index (χ2v) is 5.18. The van der Waals surface area contributed by atoms with Crippen LogP contribution in [0.15, 0.2) is 35.1 Å². The second kappa shape index (κ2) is 5.54. The molecule has 0 unspecified atom stereocenters. The van der Waals surface area contributed by atoms with Crippen molar-refractivity contribution < 1.29 is 14.3 Å². The van der Waals surface area contributed by atoms with Crippen molar-refractivity contribution in [2.24, 2.45) is 0 Å². The Labute approximate surface area is 123 Å². The van der Waals surface area contributed by atoms with E-state index in [0.29, 0.717) is 30.4 Å². The average molecular weight is 338 g/mol. The first-order valence-corrected chi connectivity index (χ1v) is 6.87. The SMILES string of the molecule is O=C(Cn1cc(Br)cn1)Nc1ccc2c(c1)OCCO2. The van der Waals surface area contributed by atoms with E-state index in [1.165, 1.54) is 0 Å². The van der Waals surface area contributed by atoms with Crippen LogP contribution in [0, 0.1) is 0 Å². The summed E-state index contributed by atoms with van der Waals surface area (Å²) in [5.74, 6) is 1.19. The largest absolute Gasteiger partial charge is 0.486 e. The molecule has 0 radical (unpaired) electrons. The van der Waals surface area contributed by atoms with Crippen molar-refractivity contribution in [2.75, 3.05) is 18.5 Å². The Morgan fingerprint density at radius 2 is 2.15 bits per heavy atom. The van der Waals surface area contributed by atoms with Gasteiger partial charge in [-0.1, -0.05) is 0 Å². The lowest BCUT2D eigenvalue weighted by Crippen LogP contribution is -2.19. The molecule has 0 saturated heterocycles. The maximum atomic E-state index is 11.9. The molecule has 1 aromatic carbocycles. The van der Waals surface area contributed by atoms with Gasteiger partial charge in [-0.05, 0) is 28.1 Å². The topological polar surface area (TPSA) is 65.4 Å². The van der Waals surface area contributed by atoms with Crippen molar-refractivity contribution in [3.63, 3.8) is 0 Å². The molecular formula is C13H12BrN3O3. The van der Waals surface area contributed by atoms with Crippen LogP contribution in [0.3, 0.4) is 0 Å². The molecule has 0 spiro atoms. The molecule has 0 fully saturated rings. The zero-order chi connectivity index (χ0) is 13.9. The van der Waals surface area contributed by atoms with Gasteiger partial charge >= 0.3 is 0 Å². The van der Waals surface area contributed by atoms with Crippen molar-refractivity contribution in [3.05, 3.63) is 35.1 Å². The number of carbonyl (C=O) groups is 1. The molecule has 0 saturated carbocycles. The minimum absolute atomic E-state index is 0.153. The van der Waals surface area contributed by atoms with E-state index in [1.807, 2.05) is 0 Å². The van der Waals surface area contributed by atoms with Crippen molar-refractivity contribution >= 4 is 27.5 Å². The third-order valence-electron chi connectivity index (χ3n) is 2.73. The van der Waals surface area contributed by atoms with Crippen molar-refractivity contribution in [1.29, 1.82) is 0 Å². The zero-order valence-corrected chi connectivity index (χ0v) is 12.1. The Morgan fingerprint density at radius 1 is 1.35 bits per heavy atom. The molecule has 0 aliphatic carbocycles. The number of anilines is 1. The van der Waals surface area contributed by atoms with Gasteiger partial charge in [0, 0.05) is 18.0 Å². The first-order chi connectivity index (χ1) is 9.70. The van der Waals surface area contributed by atoms with E-state index in [2.05, 4.69) is 26.3 Å². The minimum atomic E-state index is -0.155. The molecule has 1 aromatic heterocycles. The van der Waals surface area contributed by atoms with Crippen LogP contribution in [-0.4, -0.2) is 28.9 Å². The van der Waals surface area contributed by atoms with E-state index < -0.39 is 0 Å². The number of hydrogen-bond acceptors (Lipinski definition) is 4. The average Bonchev–Trinajstić information content (AvgIpc) is 2.83. The molecule has 7 heteroatoms. The Hall–Kier alpha value is -2.02. The predicted molar refractivity (Wildman–Crippen MR) is 76.0 cm³/mol. The monoisotopic (exact) mass is 337 g/mol. The third-order valence-corrected chi connectivity index (χ3v) is 3.14. The summed E-state index contributed by atoms with van der Waals surface area (Å²) in [6, 6.07) is 5.32. The van der Waals surface area contributed by atoms with Gasteiger partial charge < -0.3 is 14.8 Å². The molecule has 1 aliphatic rings. The van der Waals surface area contributed by atoms with Crippen LogP contribution >= 0.6 is 15.9 Å². The van der Waals surface area contributed by atoms with Crippen LogP contribution in [0.2, 0.25) is 0 Å². The van der Waals surface area contributed by atoms with E-state index in [9.17, 15) is 4.79 Å². The highest BCUT2D eigenvalue weighted by molar-refractivity contribution is 9.10. The van der Waals surface area contributed by atoms with E-state index in [4.69, 9.17) is 9.47 Å². The summed E-state index contributed by atoms with van der Waals surface area (Å²) in [6.07, 6.45) is 3.38. The van der Waals surface area contributed by atoms with Gasteiger partial charge in [0.25, 0.3) is 0 Å². The van der Waals surface area contributed by atoms with E-state index in [1.54, 1.807) is 35.3 Å². The first kappa shape index (κ1) is 13.0. The van der Waals surface area contributed by atoms with Gasteiger partial charge in [0.1, 0.15) is 19.8 Å². The molecule has 1 aliphatic heterocycles. The number of ether oxygens (including phenoxy) is 2. The summed E-state index contributed by atoms with van der Waals surface area (Å²) in [6.45, 7) is 1.22. The van der Waals surface area contributed by atoms with Crippen LogP contribution in [0.25, 0.3) is 0 Å². The summed E-state index contributed by atoms with van der Waals surface area (Å²) in [4.78, 5) is 11.9. The van der Waals surface area contributed by atoms with Crippen LogP contribution < -0.4 is 14.8 Å². The number of hydrogen-bond donors (Lipinski definition) is 1. The highest BCUT2D eigenvalue weighted by atomic mass is 79.9. The fourth-order valence-corrected chi connectivity index (χ4v) is 2.22. The summed E-state index contributed by atoms with van der Waals surface area (Å²) >= 11 is 3.28. The quantitative estimate of drug-likeness (QED) is 0.930. The number of rotatable bonds is 3. The molecule has 3 rings (SSSR count). The Kier molecular flexibility index (Phi) is 3.60. The van der Waals surface area contributed by atoms with Crippen LogP contribution in [0.5, 0.6) is 11.5 Å². The van der Waals surface area contributed by atoms with Crippen LogP contribution in [-0.2, 0) is 11.3 Å². The van der Waals surface area contributed by atoms with Crippen molar-refractivity contribution in [2.45, 2.75) is 6.54 Å². The van der Waals surface area contributed by atoms with Gasteiger partial charge in [0.15, 0.2) is 11.5 Å². The van der Waals surface area contributed by atoms with Gasteiger partial charge in [0.05, 0.1) is 10.7 Å². The van der Waals surface area contributed by atoms with Gasteiger partial charge in [0.2, 0.25) is 5.91 Å². The van der Waals surface area contributed by atoms with Gasteiger partial charge in [-0.15, -0.1) is 0 Å². The summed E-state index contributed by atoms with van der Waals surface area (Å²) in [5, 5.41) is 6.83. The van der Waals surface area contributed by atoms with Crippen LogP contribution in [0.4, 0.5) is 5.69 Å². The summed E-state index contributed by atoms with van der Waals surface area (Å²) < 4.78 is 13.3. The maximum Gasteiger partial charge on any atom is 0.246 e. The molecule has 20 heavy (non-hydrogen) atoms. The Balaban J connectivity index is 1.66. The highest BCUT2D eigenvalue weighted by Gasteiger charge is 2.13. The number of halogens is 1. The fraction of sp³-hybridized carbons (Fsp3) is 0.231. The smallest absolute Gasteiger partial charge is 0.246 e. The van der Waals surface area contributed by atoms with E-state index in [-0.39, 0.29) is 12.5 Å². The maximum absolute atomic E-state index is 11.9. The highest BCUT2D eigenvalue weighted by Crippen LogP contribution is 2.32. The minimum Gasteiger partial charge on any atom is -0.486 e. The normalized spacial score (nSPS) is 13.1. The molecule has 2 aromatic rings. The van der Waals surface area contributed by atoms with Crippen molar-refractivity contribution in [1.82, 2.24) is 9.78 Å². The Bertz CT molecular complexity index is 642. The van der Waals surface area contributed by atoms with E-state index in [0.717, 1.165) is 4.47 Å². The summed E-state index contributed by atoms with van der Waals surface area (Å²) in [5.41, 5.74) is 0.672. The molecule has 0 bridgehead atoms. The lowest BCUT2D eigenvalue weighted by atomic mass is 10.2. The molecule has 2 heterocycles. The molecule has 104 valence electrons. The van der Waals surface area contributed by atoms with Gasteiger partial charge in [-0.3, -0.25) is 9.48 Å². The van der Waals surface area contributed by atoms with Gasteiger partial charge in [-0.25, -0.2) is 0 Å². The molecule has 1 N–H and O–H groups in total. The number of fused-ring (bicyclic) bond motifs is 1. The lowest BCUT2D eigenvalue weighted by Gasteiger charge is -2.19. The second-order valence-electron chi connectivity index (χ2n) is 4.26. The van der Waals surface area contributed by atoms with Crippen LogP contribution in [0.1, 0.15) is 0 Å².